The Labute approximate surface area is 91.4 Å². The van der Waals surface area contributed by atoms with Crippen molar-refractivity contribution in [3.63, 3.8) is 0 Å². The first-order valence-electron chi connectivity index (χ1n) is 4.73. The van der Waals surface area contributed by atoms with E-state index >= 15 is 0 Å². The summed E-state index contributed by atoms with van der Waals surface area (Å²) in [5.41, 5.74) is -0.588. The van der Waals surface area contributed by atoms with Gasteiger partial charge in [0.15, 0.2) is 11.4 Å². The van der Waals surface area contributed by atoms with Crippen molar-refractivity contribution in [2.75, 3.05) is 13.2 Å². The minimum atomic E-state index is -0.799. The fourth-order valence-electron chi connectivity index (χ4n) is 1.02. The molecule has 2 N–H and O–H groups in total. The monoisotopic (exact) mass is 228 g/mol. The maximum atomic E-state index is 11.3. The second-order valence-corrected chi connectivity index (χ2v) is 2.74. The van der Waals surface area contributed by atoms with Crippen molar-refractivity contribution in [1.29, 1.82) is 0 Å². The standard InChI is InChI=1S/C9H12N2O5/c1-3-15-8(13)5-7(12)6(11-10-5)9(14)16-4-2/h12H,3-4H2,1-2H3,(H,10,11). The lowest BCUT2D eigenvalue weighted by Crippen LogP contribution is -2.06. The first-order chi connectivity index (χ1) is 7.61. The summed E-state index contributed by atoms with van der Waals surface area (Å²) in [7, 11) is 0. The lowest BCUT2D eigenvalue weighted by Gasteiger charge is -1.99. The van der Waals surface area contributed by atoms with E-state index in [4.69, 9.17) is 0 Å². The van der Waals surface area contributed by atoms with Crippen LogP contribution in [-0.4, -0.2) is 40.5 Å². The van der Waals surface area contributed by atoms with Crippen molar-refractivity contribution < 1.29 is 24.2 Å². The third-order valence-corrected chi connectivity index (χ3v) is 1.69. The van der Waals surface area contributed by atoms with E-state index in [0.717, 1.165) is 0 Å². The molecule has 0 aliphatic heterocycles. The molecule has 1 aromatic heterocycles. The molecule has 0 aliphatic rings. The number of aromatic hydroxyl groups is 1. The number of hydrogen-bond donors (Lipinski definition) is 2. The smallest absolute Gasteiger partial charge is 0.362 e. The van der Waals surface area contributed by atoms with Crippen molar-refractivity contribution in [3.8, 4) is 5.75 Å². The van der Waals surface area contributed by atoms with Gasteiger partial charge in [0.05, 0.1) is 13.2 Å². The predicted molar refractivity (Wildman–Crippen MR) is 52.2 cm³/mol. The predicted octanol–water partition coefficient (Wildman–Crippen LogP) is 0.469. The van der Waals surface area contributed by atoms with Crippen LogP contribution in [-0.2, 0) is 9.47 Å². The Bertz CT molecular complexity index is 363. The molecular formula is C9H12N2O5. The molecule has 1 heterocycles. The maximum Gasteiger partial charge on any atom is 0.362 e. The number of aromatic amines is 1. The van der Waals surface area contributed by atoms with Gasteiger partial charge in [0.2, 0.25) is 5.69 Å². The van der Waals surface area contributed by atoms with Crippen molar-refractivity contribution in [3.05, 3.63) is 11.4 Å². The number of nitrogens with zero attached hydrogens (tertiary/aromatic N) is 1. The lowest BCUT2D eigenvalue weighted by atomic mass is 10.3. The molecule has 0 saturated carbocycles. The number of rotatable bonds is 4. The molecule has 0 atom stereocenters. The highest BCUT2D eigenvalue weighted by Crippen LogP contribution is 2.20. The van der Waals surface area contributed by atoms with Crippen LogP contribution in [0.5, 0.6) is 5.75 Å². The van der Waals surface area contributed by atoms with Gasteiger partial charge in [-0.1, -0.05) is 0 Å². The van der Waals surface area contributed by atoms with Gasteiger partial charge in [-0.2, -0.15) is 5.10 Å². The molecule has 7 heteroatoms. The summed E-state index contributed by atoms with van der Waals surface area (Å²) < 4.78 is 9.27. The zero-order valence-corrected chi connectivity index (χ0v) is 8.94. The SMILES string of the molecule is CCOC(=O)c1n[nH]c(C(=O)OCC)c1O. The summed E-state index contributed by atoms with van der Waals surface area (Å²) in [6.07, 6.45) is 0. The second-order valence-electron chi connectivity index (χ2n) is 2.74. The van der Waals surface area contributed by atoms with E-state index in [0.29, 0.717) is 0 Å². The number of hydrogen-bond acceptors (Lipinski definition) is 6. The molecule has 1 aromatic rings. The molecule has 0 bridgehead atoms. The number of aromatic nitrogens is 2. The molecule has 0 amide bonds. The topological polar surface area (TPSA) is 102 Å². The normalized spacial score (nSPS) is 9.88. The molecule has 0 aliphatic carbocycles. The van der Waals surface area contributed by atoms with E-state index in [1.807, 2.05) is 0 Å². The molecule has 0 spiro atoms. The highest BCUT2D eigenvalue weighted by Gasteiger charge is 2.24. The molecule has 7 nitrogen and oxygen atoms in total. The van der Waals surface area contributed by atoms with Crippen LogP contribution in [0, 0.1) is 0 Å². The Morgan fingerprint density at radius 1 is 1.25 bits per heavy atom. The van der Waals surface area contributed by atoms with Crippen LogP contribution < -0.4 is 0 Å². The van der Waals surface area contributed by atoms with Crippen molar-refractivity contribution in [2.45, 2.75) is 13.8 Å². The van der Waals surface area contributed by atoms with Gasteiger partial charge in [0, 0.05) is 0 Å². The van der Waals surface area contributed by atoms with Gasteiger partial charge >= 0.3 is 11.9 Å². The number of H-pyrrole nitrogens is 1. The van der Waals surface area contributed by atoms with Gasteiger partial charge in [-0.15, -0.1) is 0 Å². The van der Waals surface area contributed by atoms with E-state index in [1.165, 1.54) is 0 Å². The third-order valence-electron chi connectivity index (χ3n) is 1.69. The lowest BCUT2D eigenvalue weighted by molar-refractivity contribution is 0.0513. The molecule has 0 saturated heterocycles. The quantitative estimate of drug-likeness (QED) is 0.726. The largest absolute Gasteiger partial charge is 0.503 e. The van der Waals surface area contributed by atoms with Crippen molar-refractivity contribution in [1.82, 2.24) is 10.2 Å². The fourth-order valence-corrected chi connectivity index (χ4v) is 1.02. The van der Waals surface area contributed by atoms with Crippen LogP contribution in [0.25, 0.3) is 0 Å². The van der Waals surface area contributed by atoms with E-state index in [-0.39, 0.29) is 24.6 Å². The van der Waals surface area contributed by atoms with E-state index < -0.39 is 17.7 Å². The van der Waals surface area contributed by atoms with Crippen LogP contribution in [0.4, 0.5) is 0 Å². The van der Waals surface area contributed by atoms with Gasteiger partial charge in [0.25, 0.3) is 0 Å². The molecule has 0 unspecified atom stereocenters. The first kappa shape index (κ1) is 12.0. The van der Waals surface area contributed by atoms with Gasteiger partial charge in [-0.05, 0) is 13.8 Å². The number of carbonyl (C=O) groups excluding carboxylic acids is 2. The average Bonchev–Trinajstić information content (AvgIpc) is 2.61. The molecular weight excluding hydrogens is 216 g/mol. The van der Waals surface area contributed by atoms with Crippen molar-refractivity contribution >= 4 is 11.9 Å². The Kier molecular flexibility index (Phi) is 3.87. The second kappa shape index (κ2) is 5.15. The molecule has 88 valence electrons. The minimum absolute atomic E-state index is 0.153. The van der Waals surface area contributed by atoms with Crippen LogP contribution in [0.1, 0.15) is 34.8 Å². The molecule has 16 heavy (non-hydrogen) atoms. The number of ether oxygens (including phenoxy) is 2. The number of nitrogens with one attached hydrogen (secondary N) is 1. The van der Waals surface area contributed by atoms with E-state index in [2.05, 4.69) is 19.7 Å². The van der Waals surface area contributed by atoms with Gasteiger partial charge < -0.3 is 14.6 Å². The summed E-state index contributed by atoms with van der Waals surface area (Å²) >= 11 is 0. The number of esters is 2. The van der Waals surface area contributed by atoms with Crippen molar-refractivity contribution in [2.24, 2.45) is 0 Å². The fraction of sp³-hybridized carbons (Fsp3) is 0.444. The van der Waals surface area contributed by atoms with E-state index in [1.54, 1.807) is 13.8 Å². The maximum absolute atomic E-state index is 11.3. The third kappa shape index (κ3) is 2.30. The van der Waals surface area contributed by atoms with Gasteiger partial charge in [0.1, 0.15) is 0 Å². The van der Waals surface area contributed by atoms with Crippen LogP contribution >= 0.6 is 0 Å². The Hall–Kier alpha value is -2.05. The van der Waals surface area contributed by atoms with Gasteiger partial charge in [-0.3, -0.25) is 5.10 Å². The van der Waals surface area contributed by atoms with Crippen LogP contribution in [0.3, 0.4) is 0 Å². The Morgan fingerprint density at radius 2 is 1.81 bits per heavy atom. The van der Waals surface area contributed by atoms with E-state index in [9.17, 15) is 14.7 Å². The summed E-state index contributed by atoms with van der Waals surface area (Å²) in [5, 5.41) is 15.2. The Balaban J connectivity index is 2.92. The summed E-state index contributed by atoms with van der Waals surface area (Å²) in [6.45, 7) is 3.55. The summed E-state index contributed by atoms with van der Waals surface area (Å²) in [5.74, 6) is -2.13. The van der Waals surface area contributed by atoms with Crippen LogP contribution in [0.2, 0.25) is 0 Å². The zero-order chi connectivity index (χ0) is 12.1. The molecule has 0 aromatic carbocycles. The highest BCUT2D eigenvalue weighted by atomic mass is 16.5. The summed E-state index contributed by atoms with van der Waals surface area (Å²) in [6, 6.07) is 0. The Morgan fingerprint density at radius 3 is 2.38 bits per heavy atom. The highest BCUT2D eigenvalue weighted by molar-refractivity contribution is 5.97. The summed E-state index contributed by atoms with van der Waals surface area (Å²) in [4.78, 5) is 22.5. The van der Waals surface area contributed by atoms with Crippen LogP contribution in [0.15, 0.2) is 0 Å². The molecule has 0 radical (unpaired) electrons. The van der Waals surface area contributed by atoms with Gasteiger partial charge in [-0.25, -0.2) is 9.59 Å². The average molecular weight is 228 g/mol. The molecule has 1 rings (SSSR count). The zero-order valence-electron chi connectivity index (χ0n) is 8.94. The first-order valence-corrected chi connectivity index (χ1v) is 4.73. The number of carbonyl (C=O) groups is 2. The molecule has 0 fully saturated rings. The minimum Gasteiger partial charge on any atom is -0.503 e.